The summed E-state index contributed by atoms with van der Waals surface area (Å²) >= 11 is 0. The Morgan fingerprint density at radius 2 is 1.64 bits per heavy atom. The van der Waals surface area contributed by atoms with Crippen LogP contribution in [0.3, 0.4) is 0 Å². The van der Waals surface area contributed by atoms with Gasteiger partial charge in [-0.2, -0.15) is 0 Å². The van der Waals surface area contributed by atoms with Crippen molar-refractivity contribution in [3.05, 3.63) is 85.0 Å². The van der Waals surface area contributed by atoms with E-state index in [1.807, 2.05) is 0 Å². The maximum atomic E-state index is 13.3. The molecule has 1 fully saturated rings. The summed E-state index contributed by atoms with van der Waals surface area (Å²) in [6.07, 6.45) is 4.85. The highest BCUT2D eigenvalue weighted by Gasteiger charge is 2.22. The van der Waals surface area contributed by atoms with Crippen molar-refractivity contribution < 1.29 is 4.92 Å². The van der Waals surface area contributed by atoms with Gasteiger partial charge in [0, 0.05) is 18.2 Å². The molecule has 1 heterocycles. The van der Waals surface area contributed by atoms with E-state index in [1.165, 1.54) is 16.7 Å². The molecule has 0 spiro atoms. The van der Waals surface area contributed by atoms with Crippen molar-refractivity contribution in [1.29, 1.82) is 0 Å². The number of nitro benzene ring substituents is 1. The van der Waals surface area contributed by atoms with Crippen molar-refractivity contribution in [2.45, 2.75) is 44.7 Å². The lowest BCUT2D eigenvalue weighted by molar-refractivity contribution is -0.384. The van der Waals surface area contributed by atoms with Crippen LogP contribution in [-0.4, -0.2) is 14.1 Å². The second kappa shape index (κ2) is 7.42. The molecule has 7 heteroatoms. The number of non-ortho nitro benzene ring substituents is 1. The van der Waals surface area contributed by atoms with Gasteiger partial charge in [0.1, 0.15) is 0 Å². The number of hydrogen-bond acceptors (Lipinski definition) is 4. The molecule has 28 heavy (non-hydrogen) atoms. The zero-order valence-electron chi connectivity index (χ0n) is 15.4. The second-order valence-electron chi connectivity index (χ2n) is 7.28. The number of rotatable bonds is 4. The van der Waals surface area contributed by atoms with Crippen molar-refractivity contribution >= 4 is 16.6 Å². The van der Waals surface area contributed by atoms with E-state index in [4.69, 9.17) is 0 Å². The van der Waals surface area contributed by atoms with Crippen molar-refractivity contribution in [2.75, 3.05) is 0 Å². The predicted octanol–water partition coefficient (Wildman–Crippen LogP) is 3.62. The molecule has 0 atom stereocenters. The van der Waals surface area contributed by atoms with E-state index in [9.17, 15) is 19.7 Å². The first kappa shape index (κ1) is 18.2. The fraction of sp³-hybridized carbons (Fsp3) is 0.333. The molecule has 144 valence electrons. The Morgan fingerprint density at radius 1 is 0.964 bits per heavy atom. The van der Waals surface area contributed by atoms with Crippen LogP contribution in [0.2, 0.25) is 0 Å². The topological polar surface area (TPSA) is 87.1 Å². The first-order valence-electron chi connectivity index (χ1n) is 9.53. The molecule has 0 bridgehead atoms. The molecule has 7 nitrogen and oxygen atoms in total. The van der Waals surface area contributed by atoms with Gasteiger partial charge in [-0.1, -0.05) is 43.5 Å². The van der Waals surface area contributed by atoms with Crippen LogP contribution in [0.4, 0.5) is 5.69 Å². The zero-order valence-corrected chi connectivity index (χ0v) is 15.4. The number of nitrogens with zero attached hydrogens (tertiary/aromatic N) is 3. The van der Waals surface area contributed by atoms with Crippen LogP contribution in [-0.2, 0) is 6.54 Å². The molecule has 0 amide bonds. The quantitative estimate of drug-likeness (QED) is 0.512. The van der Waals surface area contributed by atoms with Crippen LogP contribution in [0.1, 0.15) is 43.7 Å². The van der Waals surface area contributed by atoms with Crippen LogP contribution >= 0.6 is 0 Å². The number of para-hydroxylation sites is 1. The maximum Gasteiger partial charge on any atom is 0.332 e. The molecule has 1 saturated carbocycles. The molecule has 0 aliphatic heterocycles. The molecular formula is C21H21N3O4. The van der Waals surface area contributed by atoms with Crippen LogP contribution in [0.5, 0.6) is 0 Å². The van der Waals surface area contributed by atoms with Crippen LogP contribution in [0.15, 0.2) is 58.1 Å². The van der Waals surface area contributed by atoms with E-state index in [-0.39, 0.29) is 29.5 Å². The molecule has 2 aromatic carbocycles. The molecule has 0 radical (unpaired) electrons. The van der Waals surface area contributed by atoms with Crippen molar-refractivity contribution in [2.24, 2.45) is 0 Å². The van der Waals surface area contributed by atoms with Gasteiger partial charge in [-0.05, 0) is 30.5 Å². The lowest BCUT2D eigenvalue weighted by atomic mass is 9.95. The summed E-state index contributed by atoms with van der Waals surface area (Å²) in [5.74, 6) is 0. The SMILES string of the molecule is O=c1c2ccccc2n(Cc2ccc([N+](=O)[O-])cc2)c(=O)n1C1CCCCC1. The van der Waals surface area contributed by atoms with E-state index < -0.39 is 4.92 Å². The van der Waals surface area contributed by atoms with Gasteiger partial charge in [0.2, 0.25) is 0 Å². The van der Waals surface area contributed by atoms with E-state index in [2.05, 4.69) is 0 Å². The number of hydrogen-bond donors (Lipinski definition) is 0. The fourth-order valence-electron chi connectivity index (χ4n) is 4.06. The second-order valence-corrected chi connectivity index (χ2v) is 7.28. The number of aromatic nitrogens is 2. The minimum Gasteiger partial charge on any atom is -0.289 e. The van der Waals surface area contributed by atoms with Crippen LogP contribution in [0.25, 0.3) is 10.9 Å². The summed E-state index contributed by atoms with van der Waals surface area (Å²) in [6, 6.07) is 13.2. The Balaban J connectivity index is 1.85. The molecule has 3 aromatic rings. The molecule has 1 aliphatic carbocycles. The summed E-state index contributed by atoms with van der Waals surface area (Å²) < 4.78 is 3.03. The summed E-state index contributed by atoms with van der Waals surface area (Å²) in [7, 11) is 0. The molecule has 0 unspecified atom stereocenters. The predicted molar refractivity (Wildman–Crippen MR) is 107 cm³/mol. The molecule has 1 aliphatic rings. The summed E-state index contributed by atoms with van der Waals surface area (Å²) in [6.45, 7) is 0.254. The Morgan fingerprint density at radius 3 is 2.32 bits per heavy atom. The molecular weight excluding hydrogens is 358 g/mol. The highest BCUT2D eigenvalue weighted by Crippen LogP contribution is 2.26. The molecule has 0 saturated heterocycles. The van der Waals surface area contributed by atoms with Crippen LogP contribution < -0.4 is 11.2 Å². The van der Waals surface area contributed by atoms with Crippen molar-refractivity contribution in [3.63, 3.8) is 0 Å². The number of nitro groups is 1. The number of benzene rings is 2. The minimum atomic E-state index is -0.450. The zero-order chi connectivity index (χ0) is 19.7. The summed E-state index contributed by atoms with van der Waals surface area (Å²) in [4.78, 5) is 36.8. The Kier molecular flexibility index (Phi) is 4.81. The first-order chi connectivity index (χ1) is 13.6. The summed E-state index contributed by atoms with van der Waals surface area (Å²) in [5, 5.41) is 11.4. The van der Waals surface area contributed by atoms with Crippen molar-refractivity contribution in [1.82, 2.24) is 9.13 Å². The third-order valence-electron chi connectivity index (χ3n) is 5.51. The lowest BCUT2D eigenvalue weighted by Crippen LogP contribution is -2.43. The third-order valence-corrected chi connectivity index (χ3v) is 5.51. The molecule has 0 N–H and O–H groups in total. The molecule has 4 rings (SSSR count). The first-order valence-corrected chi connectivity index (χ1v) is 9.53. The average molecular weight is 379 g/mol. The Hall–Kier alpha value is -3.22. The Bertz CT molecular complexity index is 1140. The van der Waals surface area contributed by atoms with Gasteiger partial charge in [-0.25, -0.2) is 4.79 Å². The van der Waals surface area contributed by atoms with E-state index >= 15 is 0 Å². The maximum absolute atomic E-state index is 13.3. The summed E-state index contributed by atoms with van der Waals surface area (Å²) in [5.41, 5.74) is 0.823. The standard InChI is InChI=1S/C21H21N3O4/c25-20-18-8-4-5-9-19(18)22(14-15-10-12-17(13-11-15)24(27)28)21(26)23(20)16-6-2-1-3-7-16/h4-5,8-13,16H,1-3,6-7,14H2. The van der Waals surface area contributed by atoms with E-state index in [1.54, 1.807) is 41.0 Å². The number of fused-ring (bicyclic) bond motifs is 1. The van der Waals surface area contributed by atoms with Crippen LogP contribution in [0, 0.1) is 10.1 Å². The highest BCUT2D eigenvalue weighted by atomic mass is 16.6. The van der Waals surface area contributed by atoms with Gasteiger partial charge in [0.25, 0.3) is 11.2 Å². The van der Waals surface area contributed by atoms with Gasteiger partial charge in [-0.15, -0.1) is 0 Å². The fourth-order valence-corrected chi connectivity index (χ4v) is 4.06. The van der Waals surface area contributed by atoms with Gasteiger partial charge in [0.15, 0.2) is 0 Å². The van der Waals surface area contributed by atoms with Gasteiger partial charge < -0.3 is 0 Å². The lowest BCUT2D eigenvalue weighted by Gasteiger charge is -2.24. The largest absolute Gasteiger partial charge is 0.332 e. The van der Waals surface area contributed by atoms with Gasteiger partial charge in [-0.3, -0.25) is 24.0 Å². The molecule has 1 aromatic heterocycles. The Labute approximate surface area is 161 Å². The average Bonchev–Trinajstić information content (AvgIpc) is 2.72. The van der Waals surface area contributed by atoms with E-state index in [0.717, 1.165) is 37.7 Å². The third kappa shape index (κ3) is 3.24. The van der Waals surface area contributed by atoms with Gasteiger partial charge in [0.05, 0.1) is 22.4 Å². The minimum absolute atomic E-state index is 0.00753. The smallest absolute Gasteiger partial charge is 0.289 e. The van der Waals surface area contributed by atoms with Crippen molar-refractivity contribution in [3.8, 4) is 0 Å². The normalized spacial score (nSPS) is 15.0. The van der Waals surface area contributed by atoms with Gasteiger partial charge >= 0.3 is 5.69 Å². The highest BCUT2D eigenvalue weighted by molar-refractivity contribution is 5.78. The monoisotopic (exact) mass is 379 g/mol. The van der Waals surface area contributed by atoms with E-state index in [0.29, 0.717) is 10.9 Å².